The molecule has 0 fully saturated rings. The Morgan fingerprint density at radius 2 is 1.51 bits per heavy atom. The smallest absolute Gasteiger partial charge is 0.407 e. The fourth-order valence-corrected chi connectivity index (χ4v) is 5.78. The van der Waals surface area contributed by atoms with Gasteiger partial charge in [-0.15, -0.1) is 0 Å². The van der Waals surface area contributed by atoms with E-state index in [4.69, 9.17) is 4.74 Å². The third-order valence-corrected chi connectivity index (χ3v) is 8.38. The SMILES string of the molecule is CSCCCN(CC(O)C(Cc1ccccc1)NC(=O)OCc1ccccc1)S(=O)(=O)c1ccccc1. The van der Waals surface area contributed by atoms with Crippen LogP contribution in [0.25, 0.3) is 0 Å². The number of aliphatic hydroxyl groups is 1. The second-order valence-corrected chi connectivity index (χ2v) is 11.5. The maximum absolute atomic E-state index is 13.4. The highest BCUT2D eigenvalue weighted by Crippen LogP contribution is 2.18. The van der Waals surface area contributed by atoms with Gasteiger partial charge < -0.3 is 15.2 Å². The molecule has 0 saturated heterocycles. The first kappa shape index (κ1) is 28.7. The van der Waals surface area contributed by atoms with Crippen molar-refractivity contribution in [1.29, 1.82) is 0 Å². The highest BCUT2D eigenvalue weighted by atomic mass is 32.2. The van der Waals surface area contributed by atoms with E-state index in [9.17, 15) is 18.3 Å². The lowest BCUT2D eigenvalue weighted by Gasteiger charge is -2.29. The summed E-state index contributed by atoms with van der Waals surface area (Å²) in [6.45, 7) is 0.178. The fraction of sp³-hybridized carbons (Fsp3) is 0.321. The molecule has 37 heavy (non-hydrogen) atoms. The molecule has 0 heterocycles. The monoisotopic (exact) mass is 542 g/mol. The summed E-state index contributed by atoms with van der Waals surface area (Å²) in [7, 11) is -3.84. The number of carbonyl (C=O) groups excluding carboxylic acids is 1. The van der Waals surface area contributed by atoms with Crippen LogP contribution in [0.2, 0.25) is 0 Å². The summed E-state index contributed by atoms with van der Waals surface area (Å²) in [4.78, 5) is 12.8. The predicted molar refractivity (Wildman–Crippen MR) is 148 cm³/mol. The van der Waals surface area contributed by atoms with Crippen LogP contribution in [0, 0.1) is 0 Å². The Labute approximate surface area is 223 Å². The van der Waals surface area contributed by atoms with Crippen LogP contribution in [0.5, 0.6) is 0 Å². The molecule has 0 aromatic heterocycles. The number of rotatable bonds is 14. The maximum Gasteiger partial charge on any atom is 0.407 e. The minimum Gasteiger partial charge on any atom is -0.445 e. The maximum atomic E-state index is 13.4. The van der Waals surface area contributed by atoms with Crippen LogP contribution in [0.1, 0.15) is 17.5 Å². The van der Waals surface area contributed by atoms with Crippen LogP contribution in [0.3, 0.4) is 0 Å². The van der Waals surface area contributed by atoms with Gasteiger partial charge in [0.1, 0.15) is 6.61 Å². The van der Waals surface area contributed by atoms with E-state index in [1.165, 1.54) is 4.31 Å². The number of amides is 1. The van der Waals surface area contributed by atoms with Gasteiger partial charge in [-0.25, -0.2) is 13.2 Å². The van der Waals surface area contributed by atoms with Crippen LogP contribution in [0.4, 0.5) is 4.79 Å². The summed E-state index contributed by atoms with van der Waals surface area (Å²) in [5.74, 6) is 0.786. The summed E-state index contributed by atoms with van der Waals surface area (Å²) in [6.07, 6.45) is 1.06. The number of thioether (sulfide) groups is 1. The van der Waals surface area contributed by atoms with Gasteiger partial charge in [-0.3, -0.25) is 0 Å². The van der Waals surface area contributed by atoms with Crippen LogP contribution in [-0.2, 0) is 27.8 Å². The molecule has 9 heteroatoms. The Balaban J connectivity index is 1.76. The predicted octanol–water partition coefficient (Wildman–Crippen LogP) is 4.33. The highest BCUT2D eigenvalue weighted by Gasteiger charge is 2.30. The molecule has 0 saturated carbocycles. The molecule has 0 aliphatic carbocycles. The first-order valence-electron chi connectivity index (χ1n) is 12.1. The molecule has 3 aromatic rings. The number of nitrogens with one attached hydrogen (secondary N) is 1. The normalized spacial score (nSPS) is 13.2. The van der Waals surface area contributed by atoms with Crippen molar-refractivity contribution in [2.24, 2.45) is 0 Å². The number of aliphatic hydroxyl groups excluding tert-OH is 1. The topological polar surface area (TPSA) is 95.9 Å². The molecule has 0 aliphatic heterocycles. The summed E-state index contributed by atoms with van der Waals surface area (Å²) in [5.41, 5.74) is 1.74. The van der Waals surface area contributed by atoms with E-state index in [-0.39, 0.29) is 24.6 Å². The van der Waals surface area contributed by atoms with Crippen molar-refractivity contribution in [3.63, 3.8) is 0 Å². The van der Waals surface area contributed by atoms with Gasteiger partial charge in [0.05, 0.1) is 17.0 Å². The molecule has 2 atom stereocenters. The Morgan fingerprint density at radius 1 is 0.946 bits per heavy atom. The molecule has 2 N–H and O–H groups in total. The zero-order valence-electron chi connectivity index (χ0n) is 20.9. The molecule has 0 spiro atoms. The molecule has 198 valence electrons. The van der Waals surface area contributed by atoms with E-state index in [0.29, 0.717) is 12.8 Å². The molecule has 0 radical (unpaired) electrons. The van der Waals surface area contributed by atoms with Gasteiger partial charge in [0.2, 0.25) is 10.0 Å². The summed E-state index contributed by atoms with van der Waals surface area (Å²) >= 11 is 1.63. The standard InChI is InChI=1S/C28H34N2O5S2/c1-36-19-11-18-30(37(33,34)25-16-9-4-10-17-25)21-27(31)26(20-23-12-5-2-6-13-23)29-28(32)35-22-24-14-7-3-8-15-24/h2-10,12-17,26-27,31H,11,18-22H2,1H3,(H,29,32). The van der Waals surface area contributed by atoms with E-state index in [1.54, 1.807) is 42.1 Å². The van der Waals surface area contributed by atoms with Gasteiger partial charge in [-0.05, 0) is 48.1 Å². The third-order valence-electron chi connectivity index (χ3n) is 5.81. The molecular formula is C28H34N2O5S2. The van der Waals surface area contributed by atoms with E-state index in [1.807, 2.05) is 66.9 Å². The Kier molecular flexibility index (Phi) is 11.5. The van der Waals surface area contributed by atoms with Crippen LogP contribution in [0.15, 0.2) is 95.9 Å². The van der Waals surface area contributed by atoms with Gasteiger partial charge in [0.25, 0.3) is 0 Å². The molecule has 0 aliphatic rings. The Bertz CT molecular complexity index is 1180. The third kappa shape index (κ3) is 9.19. The lowest BCUT2D eigenvalue weighted by Crippen LogP contribution is -2.50. The second-order valence-electron chi connectivity index (χ2n) is 8.59. The van der Waals surface area contributed by atoms with Crippen molar-refractivity contribution in [3.8, 4) is 0 Å². The van der Waals surface area contributed by atoms with Crippen molar-refractivity contribution >= 4 is 27.9 Å². The van der Waals surface area contributed by atoms with E-state index >= 15 is 0 Å². The lowest BCUT2D eigenvalue weighted by molar-refractivity contribution is 0.0889. The van der Waals surface area contributed by atoms with Gasteiger partial charge in [-0.1, -0.05) is 78.9 Å². The quantitative estimate of drug-likeness (QED) is 0.295. The zero-order chi connectivity index (χ0) is 26.5. The first-order chi connectivity index (χ1) is 17.9. The minimum atomic E-state index is -3.84. The van der Waals surface area contributed by atoms with Crippen LogP contribution < -0.4 is 5.32 Å². The number of hydrogen-bond donors (Lipinski definition) is 2. The summed E-state index contributed by atoms with van der Waals surface area (Å²) in [5, 5.41) is 14.0. The van der Waals surface area contributed by atoms with Crippen LogP contribution in [-0.4, -0.2) is 61.2 Å². The average molecular weight is 543 g/mol. The zero-order valence-corrected chi connectivity index (χ0v) is 22.5. The largest absolute Gasteiger partial charge is 0.445 e. The molecule has 7 nitrogen and oxygen atoms in total. The molecule has 0 bridgehead atoms. The number of sulfonamides is 1. The van der Waals surface area contributed by atoms with Gasteiger partial charge >= 0.3 is 6.09 Å². The summed E-state index contributed by atoms with van der Waals surface area (Å²) in [6, 6.07) is 26.2. The number of nitrogens with zero attached hydrogens (tertiary/aromatic N) is 1. The van der Waals surface area contributed by atoms with E-state index in [0.717, 1.165) is 16.9 Å². The van der Waals surface area contributed by atoms with Crippen LogP contribution >= 0.6 is 11.8 Å². The van der Waals surface area contributed by atoms with E-state index in [2.05, 4.69) is 5.32 Å². The molecule has 3 aromatic carbocycles. The fourth-order valence-electron chi connectivity index (χ4n) is 3.84. The average Bonchev–Trinajstić information content (AvgIpc) is 2.92. The number of benzene rings is 3. The Hall–Kier alpha value is -2.85. The lowest BCUT2D eigenvalue weighted by atomic mass is 10.0. The minimum absolute atomic E-state index is 0.0873. The molecular weight excluding hydrogens is 508 g/mol. The van der Waals surface area contributed by atoms with Gasteiger partial charge in [0, 0.05) is 13.1 Å². The van der Waals surface area contributed by atoms with E-state index < -0.39 is 28.3 Å². The van der Waals surface area contributed by atoms with Crippen molar-refractivity contribution in [1.82, 2.24) is 9.62 Å². The second kappa shape index (κ2) is 14.8. The highest BCUT2D eigenvalue weighted by molar-refractivity contribution is 7.98. The molecule has 3 rings (SSSR count). The Morgan fingerprint density at radius 3 is 2.11 bits per heavy atom. The number of carbonyl (C=O) groups is 1. The number of ether oxygens (including phenoxy) is 1. The van der Waals surface area contributed by atoms with Crippen molar-refractivity contribution in [3.05, 3.63) is 102 Å². The molecule has 1 amide bonds. The van der Waals surface area contributed by atoms with Crippen molar-refractivity contribution in [2.45, 2.75) is 36.5 Å². The van der Waals surface area contributed by atoms with Crippen molar-refractivity contribution in [2.75, 3.05) is 25.1 Å². The van der Waals surface area contributed by atoms with Gasteiger partial charge in [0.15, 0.2) is 0 Å². The van der Waals surface area contributed by atoms with Gasteiger partial charge in [-0.2, -0.15) is 16.1 Å². The van der Waals surface area contributed by atoms with Crippen molar-refractivity contribution < 1.29 is 23.1 Å². The number of hydrogen-bond acceptors (Lipinski definition) is 6. The summed E-state index contributed by atoms with van der Waals surface area (Å²) < 4.78 is 33.5. The number of alkyl carbamates (subject to hydrolysis) is 1. The first-order valence-corrected chi connectivity index (χ1v) is 15.0. The molecule has 2 unspecified atom stereocenters.